The second-order valence-corrected chi connectivity index (χ2v) is 7.99. The van der Waals surface area contributed by atoms with Crippen LogP contribution in [0.4, 0.5) is 0 Å². The minimum absolute atomic E-state index is 0.470. The van der Waals surface area contributed by atoms with Crippen molar-refractivity contribution in [3.63, 3.8) is 0 Å². The Morgan fingerprint density at radius 2 is 1.79 bits per heavy atom. The van der Waals surface area contributed by atoms with Crippen LogP contribution >= 0.6 is 0 Å². The summed E-state index contributed by atoms with van der Waals surface area (Å²) in [6.45, 7) is 11.1. The van der Waals surface area contributed by atoms with Crippen LogP contribution in [0.15, 0.2) is 0 Å². The SMILES string of the molecule is CC1CNC2(CCCCC2)CN1CC1(C(C)C)CC1. The Labute approximate surface area is 119 Å². The molecule has 2 saturated carbocycles. The van der Waals surface area contributed by atoms with Crippen LogP contribution in [0.3, 0.4) is 0 Å². The molecule has 0 aromatic heterocycles. The average molecular weight is 264 g/mol. The van der Waals surface area contributed by atoms with Gasteiger partial charge in [0.25, 0.3) is 0 Å². The first-order valence-electron chi connectivity index (χ1n) is 8.54. The molecule has 110 valence electrons. The number of hydrogen-bond acceptors (Lipinski definition) is 2. The van der Waals surface area contributed by atoms with Gasteiger partial charge in [0.2, 0.25) is 0 Å². The number of hydrogen-bond donors (Lipinski definition) is 1. The molecule has 0 amide bonds. The van der Waals surface area contributed by atoms with E-state index in [2.05, 4.69) is 31.0 Å². The van der Waals surface area contributed by atoms with Crippen molar-refractivity contribution in [3.05, 3.63) is 0 Å². The molecule has 1 heterocycles. The van der Waals surface area contributed by atoms with E-state index in [9.17, 15) is 0 Å². The summed E-state index contributed by atoms with van der Waals surface area (Å²) in [5.74, 6) is 0.858. The molecule has 1 spiro atoms. The maximum Gasteiger partial charge on any atom is 0.0309 e. The van der Waals surface area contributed by atoms with Gasteiger partial charge in [-0.25, -0.2) is 0 Å². The van der Waals surface area contributed by atoms with Crippen LogP contribution in [0.2, 0.25) is 0 Å². The summed E-state index contributed by atoms with van der Waals surface area (Å²) < 4.78 is 0. The normalized spacial score (nSPS) is 33.8. The third kappa shape index (κ3) is 2.71. The van der Waals surface area contributed by atoms with E-state index in [4.69, 9.17) is 0 Å². The molecule has 19 heavy (non-hydrogen) atoms. The first kappa shape index (κ1) is 13.9. The van der Waals surface area contributed by atoms with Crippen LogP contribution in [0.5, 0.6) is 0 Å². The van der Waals surface area contributed by atoms with Crippen LogP contribution in [0.25, 0.3) is 0 Å². The highest BCUT2D eigenvalue weighted by atomic mass is 15.3. The van der Waals surface area contributed by atoms with E-state index >= 15 is 0 Å². The van der Waals surface area contributed by atoms with E-state index in [0.29, 0.717) is 11.0 Å². The maximum atomic E-state index is 3.91. The molecule has 2 heteroatoms. The summed E-state index contributed by atoms with van der Waals surface area (Å²) in [6.07, 6.45) is 10.1. The number of piperazine rings is 1. The van der Waals surface area contributed by atoms with Gasteiger partial charge in [-0.05, 0) is 43.9 Å². The van der Waals surface area contributed by atoms with Gasteiger partial charge >= 0.3 is 0 Å². The smallest absolute Gasteiger partial charge is 0.0309 e. The molecule has 1 N–H and O–H groups in total. The standard InChI is InChI=1S/C17H32N2/c1-14(2)16(9-10-16)12-19-13-17(18-11-15(19)3)7-5-4-6-8-17/h14-15,18H,4-13H2,1-3H3. The Bertz CT molecular complexity index is 313. The van der Waals surface area contributed by atoms with E-state index in [0.717, 1.165) is 12.0 Å². The lowest BCUT2D eigenvalue weighted by atomic mass is 9.79. The zero-order valence-corrected chi connectivity index (χ0v) is 13.2. The predicted molar refractivity (Wildman–Crippen MR) is 81.4 cm³/mol. The second-order valence-electron chi connectivity index (χ2n) is 7.99. The average Bonchev–Trinajstić information content (AvgIpc) is 3.16. The Morgan fingerprint density at radius 3 is 2.37 bits per heavy atom. The van der Waals surface area contributed by atoms with Crippen LogP contribution in [0, 0.1) is 11.3 Å². The molecule has 2 aliphatic carbocycles. The molecule has 0 bridgehead atoms. The van der Waals surface area contributed by atoms with E-state index in [1.807, 2.05) is 0 Å². The molecule has 1 atom stereocenters. The quantitative estimate of drug-likeness (QED) is 0.840. The van der Waals surface area contributed by atoms with Gasteiger partial charge in [-0.3, -0.25) is 4.90 Å². The fraction of sp³-hybridized carbons (Fsp3) is 1.00. The van der Waals surface area contributed by atoms with E-state index in [-0.39, 0.29) is 0 Å². The zero-order valence-electron chi connectivity index (χ0n) is 13.2. The van der Waals surface area contributed by atoms with Gasteiger partial charge in [-0.2, -0.15) is 0 Å². The van der Waals surface area contributed by atoms with Crippen molar-refractivity contribution in [3.8, 4) is 0 Å². The highest BCUT2D eigenvalue weighted by molar-refractivity contribution is 5.03. The molecule has 0 radical (unpaired) electrons. The third-order valence-corrected chi connectivity index (χ3v) is 6.35. The Morgan fingerprint density at radius 1 is 1.11 bits per heavy atom. The lowest BCUT2D eigenvalue weighted by molar-refractivity contribution is 0.0405. The minimum Gasteiger partial charge on any atom is -0.308 e. The molecule has 1 unspecified atom stereocenters. The van der Waals surface area contributed by atoms with Crippen molar-refractivity contribution < 1.29 is 0 Å². The summed E-state index contributed by atoms with van der Waals surface area (Å²) in [5, 5.41) is 3.91. The van der Waals surface area contributed by atoms with Gasteiger partial charge in [-0.1, -0.05) is 33.1 Å². The molecule has 0 aromatic carbocycles. The number of rotatable bonds is 3. The van der Waals surface area contributed by atoms with Gasteiger partial charge in [0.15, 0.2) is 0 Å². The summed E-state index contributed by atoms with van der Waals surface area (Å²) in [5.41, 5.74) is 1.14. The predicted octanol–water partition coefficient (Wildman–Crippen LogP) is 3.42. The molecule has 3 fully saturated rings. The van der Waals surface area contributed by atoms with Crippen LogP contribution in [-0.4, -0.2) is 36.1 Å². The van der Waals surface area contributed by atoms with E-state index < -0.39 is 0 Å². The fourth-order valence-corrected chi connectivity index (χ4v) is 4.35. The largest absolute Gasteiger partial charge is 0.308 e. The van der Waals surface area contributed by atoms with Crippen molar-refractivity contribution >= 4 is 0 Å². The van der Waals surface area contributed by atoms with Crippen molar-refractivity contribution in [1.82, 2.24) is 10.2 Å². The molecule has 3 rings (SSSR count). The van der Waals surface area contributed by atoms with Gasteiger partial charge in [-0.15, -0.1) is 0 Å². The summed E-state index contributed by atoms with van der Waals surface area (Å²) in [4.78, 5) is 2.83. The Hall–Kier alpha value is -0.0800. The van der Waals surface area contributed by atoms with Crippen molar-refractivity contribution in [2.75, 3.05) is 19.6 Å². The first-order chi connectivity index (χ1) is 9.05. The van der Waals surface area contributed by atoms with Gasteiger partial charge in [0.05, 0.1) is 0 Å². The highest BCUT2D eigenvalue weighted by Crippen LogP contribution is 2.53. The molecular weight excluding hydrogens is 232 g/mol. The van der Waals surface area contributed by atoms with Crippen LogP contribution in [0.1, 0.15) is 65.7 Å². The Balaban J connectivity index is 1.66. The van der Waals surface area contributed by atoms with E-state index in [1.54, 1.807) is 0 Å². The van der Waals surface area contributed by atoms with Gasteiger partial charge < -0.3 is 5.32 Å². The lowest BCUT2D eigenvalue weighted by Crippen LogP contribution is -2.64. The lowest BCUT2D eigenvalue weighted by Gasteiger charge is -2.50. The number of nitrogens with zero attached hydrogens (tertiary/aromatic N) is 1. The molecule has 1 saturated heterocycles. The molecule has 3 aliphatic rings. The summed E-state index contributed by atoms with van der Waals surface area (Å²) in [7, 11) is 0. The molecule has 1 aliphatic heterocycles. The first-order valence-corrected chi connectivity index (χ1v) is 8.54. The highest BCUT2D eigenvalue weighted by Gasteiger charge is 2.49. The third-order valence-electron chi connectivity index (χ3n) is 6.35. The van der Waals surface area contributed by atoms with Crippen LogP contribution < -0.4 is 5.32 Å². The minimum atomic E-state index is 0.470. The number of nitrogens with one attached hydrogen (secondary N) is 1. The second kappa shape index (κ2) is 5.04. The molecule has 2 nitrogen and oxygen atoms in total. The van der Waals surface area contributed by atoms with Crippen molar-refractivity contribution in [1.29, 1.82) is 0 Å². The van der Waals surface area contributed by atoms with Crippen molar-refractivity contribution in [2.45, 2.75) is 77.3 Å². The zero-order chi connectivity index (χ0) is 13.5. The van der Waals surface area contributed by atoms with Gasteiger partial charge in [0.1, 0.15) is 0 Å². The van der Waals surface area contributed by atoms with Gasteiger partial charge in [0, 0.05) is 31.2 Å². The van der Waals surface area contributed by atoms with Crippen molar-refractivity contribution in [2.24, 2.45) is 11.3 Å². The summed E-state index contributed by atoms with van der Waals surface area (Å²) >= 11 is 0. The Kier molecular flexibility index (Phi) is 3.68. The molecule has 0 aromatic rings. The van der Waals surface area contributed by atoms with Crippen LogP contribution in [-0.2, 0) is 0 Å². The maximum absolute atomic E-state index is 3.91. The topological polar surface area (TPSA) is 15.3 Å². The fourth-order valence-electron chi connectivity index (χ4n) is 4.35. The van der Waals surface area contributed by atoms with E-state index in [1.165, 1.54) is 64.6 Å². The molecular formula is C17H32N2. The summed E-state index contributed by atoms with van der Waals surface area (Å²) in [6, 6.07) is 0.726. The monoisotopic (exact) mass is 264 g/mol.